The molecule has 0 saturated heterocycles. The highest BCUT2D eigenvalue weighted by Crippen LogP contribution is 2.21. The van der Waals surface area contributed by atoms with Crippen molar-refractivity contribution in [2.45, 2.75) is 6.42 Å². The molecule has 3 nitrogen and oxygen atoms in total. The predicted octanol–water partition coefficient (Wildman–Crippen LogP) is 2.04. The van der Waals surface area contributed by atoms with Crippen molar-refractivity contribution in [2.24, 2.45) is 0 Å². The second kappa shape index (κ2) is 5.07. The lowest BCUT2D eigenvalue weighted by Crippen LogP contribution is -1.96. The molecule has 4 heteroatoms. The largest absolute Gasteiger partial charge is 0.495 e. The SMILES string of the molecule is COc1cc(CCBr)c(OC)cn1. The van der Waals surface area contributed by atoms with E-state index in [0.717, 1.165) is 23.1 Å². The molecule has 0 unspecified atom stereocenters. The number of halogens is 1. The van der Waals surface area contributed by atoms with Crippen molar-refractivity contribution in [3.8, 4) is 11.6 Å². The third-order valence-corrected chi connectivity index (χ3v) is 2.11. The molecule has 0 radical (unpaired) electrons. The lowest BCUT2D eigenvalue weighted by Gasteiger charge is -2.07. The molecule has 0 spiro atoms. The number of rotatable bonds is 4. The van der Waals surface area contributed by atoms with Crippen LogP contribution in [0.2, 0.25) is 0 Å². The van der Waals surface area contributed by atoms with Crippen LogP contribution in [0, 0.1) is 0 Å². The Kier molecular flexibility index (Phi) is 4.02. The molecule has 0 aliphatic carbocycles. The van der Waals surface area contributed by atoms with Gasteiger partial charge in [-0.25, -0.2) is 4.98 Å². The summed E-state index contributed by atoms with van der Waals surface area (Å²) in [6, 6.07) is 1.89. The Morgan fingerprint density at radius 3 is 2.69 bits per heavy atom. The molecule has 0 N–H and O–H groups in total. The van der Waals surface area contributed by atoms with Crippen LogP contribution in [0.1, 0.15) is 5.56 Å². The monoisotopic (exact) mass is 245 g/mol. The van der Waals surface area contributed by atoms with E-state index in [-0.39, 0.29) is 0 Å². The van der Waals surface area contributed by atoms with Crippen LogP contribution in [0.3, 0.4) is 0 Å². The van der Waals surface area contributed by atoms with Gasteiger partial charge >= 0.3 is 0 Å². The third kappa shape index (κ3) is 2.59. The minimum atomic E-state index is 0.622. The minimum absolute atomic E-state index is 0.622. The number of hydrogen-bond acceptors (Lipinski definition) is 3. The molecular weight excluding hydrogens is 234 g/mol. The van der Waals surface area contributed by atoms with E-state index in [9.17, 15) is 0 Å². The van der Waals surface area contributed by atoms with Gasteiger partial charge in [0.15, 0.2) is 0 Å². The highest BCUT2D eigenvalue weighted by molar-refractivity contribution is 9.09. The third-order valence-electron chi connectivity index (χ3n) is 1.72. The zero-order valence-electron chi connectivity index (χ0n) is 7.71. The molecule has 0 aromatic carbocycles. The normalized spacial score (nSPS) is 9.77. The minimum Gasteiger partial charge on any atom is -0.495 e. The van der Waals surface area contributed by atoms with Crippen molar-refractivity contribution in [1.29, 1.82) is 0 Å². The van der Waals surface area contributed by atoms with Crippen molar-refractivity contribution in [3.63, 3.8) is 0 Å². The number of alkyl halides is 1. The van der Waals surface area contributed by atoms with Crippen molar-refractivity contribution in [2.75, 3.05) is 19.5 Å². The first kappa shape index (κ1) is 10.3. The fourth-order valence-electron chi connectivity index (χ4n) is 1.06. The molecule has 0 amide bonds. The molecule has 1 heterocycles. The van der Waals surface area contributed by atoms with Crippen LogP contribution in [-0.4, -0.2) is 24.5 Å². The second-order valence-electron chi connectivity index (χ2n) is 2.48. The first-order chi connectivity index (χ1) is 6.31. The molecule has 13 heavy (non-hydrogen) atoms. The van der Waals surface area contributed by atoms with Crippen LogP contribution in [0.25, 0.3) is 0 Å². The second-order valence-corrected chi connectivity index (χ2v) is 3.27. The Balaban J connectivity index is 2.95. The van der Waals surface area contributed by atoms with Gasteiger partial charge in [-0.2, -0.15) is 0 Å². The molecule has 1 aromatic heterocycles. The number of aromatic nitrogens is 1. The Morgan fingerprint density at radius 2 is 2.15 bits per heavy atom. The maximum atomic E-state index is 5.16. The van der Waals surface area contributed by atoms with Crippen LogP contribution in [0.4, 0.5) is 0 Å². The molecule has 1 aromatic rings. The standard InChI is InChI=1S/C9H12BrNO2/c1-12-8-6-11-9(13-2)5-7(8)3-4-10/h5-6H,3-4H2,1-2H3. The number of pyridine rings is 1. The van der Waals surface area contributed by atoms with Crippen LogP contribution in [-0.2, 0) is 6.42 Å². The molecule has 0 bridgehead atoms. The van der Waals surface area contributed by atoms with E-state index in [2.05, 4.69) is 20.9 Å². The van der Waals surface area contributed by atoms with Gasteiger partial charge < -0.3 is 9.47 Å². The van der Waals surface area contributed by atoms with Crippen molar-refractivity contribution in [1.82, 2.24) is 4.98 Å². The molecule has 72 valence electrons. The summed E-state index contributed by atoms with van der Waals surface area (Å²) in [5, 5.41) is 0.899. The smallest absolute Gasteiger partial charge is 0.213 e. The summed E-state index contributed by atoms with van der Waals surface area (Å²) in [6.45, 7) is 0. The van der Waals surface area contributed by atoms with Gasteiger partial charge in [-0.1, -0.05) is 15.9 Å². The zero-order chi connectivity index (χ0) is 9.68. The first-order valence-corrected chi connectivity index (χ1v) is 5.06. The van der Waals surface area contributed by atoms with E-state index in [0.29, 0.717) is 5.88 Å². The summed E-state index contributed by atoms with van der Waals surface area (Å²) in [7, 11) is 3.24. The van der Waals surface area contributed by atoms with Crippen LogP contribution < -0.4 is 9.47 Å². The van der Waals surface area contributed by atoms with E-state index in [1.807, 2.05) is 6.07 Å². The van der Waals surface area contributed by atoms with Gasteiger partial charge in [0.05, 0.1) is 20.4 Å². The molecule has 1 rings (SSSR count). The number of nitrogens with zero attached hydrogens (tertiary/aromatic N) is 1. The summed E-state index contributed by atoms with van der Waals surface area (Å²) >= 11 is 3.38. The van der Waals surface area contributed by atoms with E-state index >= 15 is 0 Å². The van der Waals surface area contributed by atoms with Gasteiger partial charge in [0.2, 0.25) is 5.88 Å². The molecule has 0 aliphatic rings. The highest BCUT2D eigenvalue weighted by atomic mass is 79.9. The van der Waals surface area contributed by atoms with Gasteiger partial charge in [0, 0.05) is 17.0 Å². The summed E-state index contributed by atoms with van der Waals surface area (Å²) in [5.74, 6) is 1.43. The molecule has 0 fully saturated rings. The van der Waals surface area contributed by atoms with Crippen LogP contribution in [0.5, 0.6) is 11.6 Å². The number of aryl methyl sites for hydroxylation is 1. The maximum absolute atomic E-state index is 5.16. The van der Waals surface area contributed by atoms with Crippen LogP contribution in [0.15, 0.2) is 12.3 Å². The average Bonchev–Trinajstić information content (AvgIpc) is 2.18. The van der Waals surface area contributed by atoms with E-state index in [1.54, 1.807) is 20.4 Å². The summed E-state index contributed by atoms with van der Waals surface area (Å²) in [4.78, 5) is 4.05. The van der Waals surface area contributed by atoms with E-state index in [1.165, 1.54) is 0 Å². The Labute approximate surface area is 86.2 Å². The highest BCUT2D eigenvalue weighted by Gasteiger charge is 2.04. The van der Waals surface area contributed by atoms with E-state index in [4.69, 9.17) is 9.47 Å². The fourth-order valence-corrected chi connectivity index (χ4v) is 1.48. The van der Waals surface area contributed by atoms with Crippen molar-refractivity contribution in [3.05, 3.63) is 17.8 Å². The zero-order valence-corrected chi connectivity index (χ0v) is 9.30. The Bertz CT molecular complexity index is 278. The topological polar surface area (TPSA) is 31.4 Å². The first-order valence-electron chi connectivity index (χ1n) is 3.94. The van der Waals surface area contributed by atoms with Gasteiger partial charge in [0.25, 0.3) is 0 Å². The molecular formula is C9H12BrNO2. The summed E-state index contributed by atoms with van der Waals surface area (Å²) in [6.07, 6.45) is 2.58. The molecule has 0 saturated carbocycles. The summed E-state index contributed by atoms with van der Waals surface area (Å²) < 4.78 is 10.2. The average molecular weight is 246 g/mol. The van der Waals surface area contributed by atoms with Gasteiger partial charge in [-0.05, 0) is 6.42 Å². The number of methoxy groups -OCH3 is 2. The number of hydrogen-bond donors (Lipinski definition) is 0. The maximum Gasteiger partial charge on any atom is 0.213 e. The Hall–Kier alpha value is -0.770. The van der Waals surface area contributed by atoms with E-state index < -0.39 is 0 Å². The summed E-state index contributed by atoms with van der Waals surface area (Å²) in [5.41, 5.74) is 1.10. The molecule has 0 aliphatic heterocycles. The fraction of sp³-hybridized carbons (Fsp3) is 0.444. The van der Waals surface area contributed by atoms with Crippen molar-refractivity contribution < 1.29 is 9.47 Å². The quantitative estimate of drug-likeness (QED) is 0.762. The van der Waals surface area contributed by atoms with Gasteiger partial charge in [-0.15, -0.1) is 0 Å². The lowest BCUT2D eigenvalue weighted by molar-refractivity contribution is 0.384. The van der Waals surface area contributed by atoms with Gasteiger partial charge in [0.1, 0.15) is 5.75 Å². The Morgan fingerprint density at radius 1 is 1.38 bits per heavy atom. The molecule has 0 atom stereocenters. The predicted molar refractivity (Wildman–Crippen MR) is 54.8 cm³/mol. The lowest BCUT2D eigenvalue weighted by atomic mass is 10.2. The van der Waals surface area contributed by atoms with Crippen molar-refractivity contribution >= 4 is 15.9 Å². The van der Waals surface area contributed by atoms with Crippen LogP contribution >= 0.6 is 15.9 Å². The number of ether oxygens (including phenoxy) is 2. The van der Waals surface area contributed by atoms with Gasteiger partial charge in [-0.3, -0.25) is 0 Å².